The van der Waals surface area contributed by atoms with Crippen LogP contribution in [0.3, 0.4) is 0 Å². The average molecular weight is 250 g/mol. The molecule has 0 radical (unpaired) electrons. The number of hydrogen-bond donors (Lipinski definition) is 1. The monoisotopic (exact) mass is 250 g/mol. The van der Waals surface area contributed by atoms with Crippen LogP contribution in [0, 0.1) is 5.92 Å². The Morgan fingerprint density at radius 1 is 1.38 bits per heavy atom. The molecule has 0 heterocycles. The Bertz CT molecular complexity index is 284. The Morgan fingerprint density at radius 3 is 2.38 bits per heavy atom. The molecule has 0 saturated heterocycles. The van der Waals surface area contributed by atoms with Crippen LogP contribution in [-0.2, 0) is 14.6 Å². The SMILES string of the molecule is C=CC(OS(=O)(=O)O)C(CC)CCCCC. The van der Waals surface area contributed by atoms with Crippen LogP contribution < -0.4 is 0 Å². The molecule has 0 aromatic rings. The van der Waals surface area contributed by atoms with Gasteiger partial charge in [-0.05, 0) is 12.3 Å². The lowest BCUT2D eigenvalue weighted by Crippen LogP contribution is -2.24. The fraction of sp³-hybridized carbons (Fsp3) is 0.818. The highest BCUT2D eigenvalue weighted by molar-refractivity contribution is 7.80. The van der Waals surface area contributed by atoms with E-state index in [0.717, 1.165) is 32.1 Å². The molecule has 1 N–H and O–H groups in total. The maximum atomic E-state index is 10.6. The summed E-state index contributed by atoms with van der Waals surface area (Å²) in [6.45, 7) is 7.63. The van der Waals surface area contributed by atoms with E-state index in [1.54, 1.807) is 0 Å². The average Bonchev–Trinajstić information content (AvgIpc) is 2.20. The molecule has 2 atom stereocenters. The van der Waals surface area contributed by atoms with Crippen LogP contribution >= 0.6 is 0 Å². The van der Waals surface area contributed by atoms with Gasteiger partial charge in [0.25, 0.3) is 0 Å². The van der Waals surface area contributed by atoms with Gasteiger partial charge < -0.3 is 0 Å². The molecule has 2 unspecified atom stereocenters. The lowest BCUT2D eigenvalue weighted by Gasteiger charge is -2.21. The first-order chi connectivity index (χ1) is 7.44. The van der Waals surface area contributed by atoms with E-state index >= 15 is 0 Å². The van der Waals surface area contributed by atoms with Gasteiger partial charge in [0.05, 0.1) is 6.10 Å². The van der Waals surface area contributed by atoms with Crippen molar-refractivity contribution in [3.05, 3.63) is 12.7 Å². The van der Waals surface area contributed by atoms with E-state index in [2.05, 4.69) is 17.7 Å². The minimum absolute atomic E-state index is 0.0889. The Morgan fingerprint density at radius 2 is 2.00 bits per heavy atom. The Labute approximate surface area is 98.7 Å². The van der Waals surface area contributed by atoms with Crippen LogP contribution in [0.2, 0.25) is 0 Å². The molecule has 0 aliphatic carbocycles. The van der Waals surface area contributed by atoms with Gasteiger partial charge in [0.15, 0.2) is 0 Å². The van der Waals surface area contributed by atoms with E-state index < -0.39 is 16.5 Å². The molecule has 0 aliphatic rings. The van der Waals surface area contributed by atoms with Crippen molar-refractivity contribution in [2.24, 2.45) is 5.92 Å². The fourth-order valence-corrected chi connectivity index (χ4v) is 2.22. The summed E-state index contributed by atoms with van der Waals surface area (Å²) < 4.78 is 34.5. The Hall–Kier alpha value is -0.390. The first kappa shape index (κ1) is 15.6. The largest absolute Gasteiger partial charge is 0.397 e. The molecule has 0 aromatic carbocycles. The Balaban J connectivity index is 4.33. The summed E-state index contributed by atoms with van der Waals surface area (Å²) in [5.41, 5.74) is 0. The van der Waals surface area contributed by atoms with E-state index in [9.17, 15) is 8.42 Å². The number of rotatable bonds is 9. The van der Waals surface area contributed by atoms with Gasteiger partial charge in [-0.15, -0.1) is 6.58 Å². The minimum Gasteiger partial charge on any atom is -0.264 e. The van der Waals surface area contributed by atoms with Gasteiger partial charge in [-0.3, -0.25) is 4.55 Å². The second-order valence-electron chi connectivity index (χ2n) is 3.89. The lowest BCUT2D eigenvalue weighted by molar-refractivity contribution is 0.152. The predicted molar refractivity (Wildman–Crippen MR) is 64.5 cm³/mol. The molecule has 0 spiro atoms. The number of hydrogen-bond acceptors (Lipinski definition) is 3. The van der Waals surface area contributed by atoms with Crippen molar-refractivity contribution < 1.29 is 17.2 Å². The fourth-order valence-electron chi connectivity index (χ4n) is 1.71. The summed E-state index contributed by atoms with van der Waals surface area (Å²) in [7, 11) is -4.39. The van der Waals surface area contributed by atoms with Crippen LogP contribution in [0.5, 0.6) is 0 Å². The zero-order valence-electron chi connectivity index (χ0n) is 10.1. The zero-order chi connectivity index (χ0) is 12.6. The van der Waals surface area contributed by atoms with E-state index in [1.165, 1.54) is 6.08 Å². The summed E-state index contributed by atoms with van der Waals surface area (Å²) in [5.74, 6) is 0.0889. The van der Waals surface area contributed by atoms with Crippen molar-refractivity contribution in [1.82, 2.24) is 0 Å². The summed E-state index contributed by atoms with van der Waals surface area (Å²) in [4.78, 5) is 0. The highest BCUT2D eigenvalue weighted by atomic mass is 32.3. The van der Waals surface area contributed by atoms with Gasteiger partial charge in [-0.1, -0.05) is 45.6 Å². The lowest BCUT2D eigenvalue weighted by atomic mass is 9.93. The third-order valence-electron chi connectivity index (χ3n) is 2.63. The van der Waals surface area contributed by atoms with E-state index in [-0.39, 0.29) is 5.92 Å². The number of unbranched alkanes of at least 4 members (excludes halogenated alkanes) is 2. The van der Waals surface area contributed by atoms with Crippen molar-refractivity contribution in [2.45, 2.75) is 52.1 Å². The maximum absolute atomic E-state index is 10.6. The second-order valence-corrected chi connectivity index (χ2v) is 4.94. The van der Waals surface area contributed by atoms with Crippen molar-refractivity contribution >= 4 is 10.4 Å². The summed E-state index contributed by atoms with van der Waals surface area (Å²) in [6.07, 6.45) is 5.77. The highest BCUT2D eigenvalue weighted by Crippen LogP contribution is 2.21. The summed E-state index contributed by atoms with van der Waals surface area (Å²) in [5, 5.41) is 0. The van der Waals surface area contributed by atoms with Gasteiger partial charge in [0.1, 0.15) is 0 Å². The van der Waals surface area contributed by atoms with Crippen LogP contribution in [-0.4, -0.2) is 19.1 Å². The molecule has 16 heavy (non-hydrogen) atoms. The van der Waals surface area contributed by atoms with Gasteiger partial charge in [-0.25, -0.2) is 4.18 Å². The van der Waals surface area contributed by atoms with Gasteiger partial charge in [-0.2, -0.15) is 8.42 Å². The maximum Gasteiger partial charge on any atom is 0.397 e. The molecule has 0 amide bonds. The topological polar surface area (TPSA) is 63.6 Å². The first-order valence-corrected chi connectivity index (χ1v) is 7.09. The third-order valence-corrected chi connectivity index (χ3v) is 3.10. The summed E-state index contributed by atoms with van der Waals surface area (Å²) >= 11 is 0. The first-order valence-electron chi connectivity index (χ1n) is 5.72. The van der Waals surface area contributed by atoms with Crippen LogP contribution in [0.15, 0.2) is 12.7 Å². The van der Waals surface area contributed by atoms with Crippen LogP contribution in [0.1, 0.15) is 46.0 Å². The molecule has 96 valence electrons. The molecule has 5 heteroatoms. The molecular weight excluding hydrogens is 228 g/mol. The standard InChI is InChI=1S/C11H22O4S/c1-4-7-8-9-10(5-2)11(6-3)15-16(12,13)14/h6,10-11H,3-5,7-9H2,1-2H3,(H,12,13,14). The van der Waals surface area contributed by atoms with E-state index in [1.807, 2.05) is 6.92 Å². The molecule has 0 saturated carbocycles. The Kier molecular flexibility index (Phi) is 7.62. The predicted octanol–water partition coefficient (Wildman–Crippen LogP) is 2.97. The van der Waals surface area contributed by atoms with Crippen LogP contribution in [0.25, 0.3) is 0 Å². The van der Waals surface area contributed by atoms with Crippen LogP contribution in [0.4, 0.5) is 0 Å². The molecule has 0 bridgehead atoms. The third kappa shape index (κ3) is 6.98. The van der Waals surface area contributed by atoms with Crippen molar-refractivity contribution in [1.29, 1.82) is 0 Å². The summed E-state index contributed by atoms with van der Waals surface area (Å²) in [6, 6.07) is 0. The molecule has 0 aromatic heterocycles. The molecule has 0 aliphatic heterocycles. The van der Waals surface area contributed by atoms with Crippen molar-refractivity contribution in [3.63, 3.8) is 0 Å². The smallest absolute Gasteiger partial charge is 0.264 e. The van der Waals surface area contributed by atoms with Gasteiger partial charge >= 0.3 is 10.4 Å². The molecular formula is C11H22O4S. The van der Waals surface area contributed by atoms with Gasteiger partial charge in [0.2, 0.25) is 0 Å². The highest BCUT2D eigenvalue weighted by Gasteiger charge is 2.22. The molecule has 4 nitrogen and oxygen atoms in total. The normalized spacial score (nSPS) is 15.7. The molecule has 0 fully saturated rings. The molecule has 0 rings (SSSR count). The minimum atomic E-state index is -4.39. The van der Waals surface area contributed by atoms with Gasteiger partial charge in [0, 0.05) is 0 Å². The second kappa shape index (κ2) is 7.81. The van der Waals surface area contributed by atoms with Crippen molar-refractivity contribution in [3.8, 4) is 0 Å². The van der Waals surface area contributed by atoms with E-state index in [0.29, 0.717) is 0 Å². The zero-order valence-corrected chi connectivity index (χ0v) is 10.9. The quantitative estimate of drug-likeness (QED) is 0.388. The van der Waals surface area contributed by atoms with Crippen molar-refractivity contribution in [2.75, 3.05) is 0 Å². The van der Waals surface area contributed by atoms with E-state index in [4.69, 9.17) is 4.55 Å².